The molecule has 2 aliphatic heterocycles. The summed E-state index contributed by atoms with van der Waals surface area (Å²) in [4.78, 5) is 16.7. The van der Waals surface area contributed by atoms with E-state index in [1.54, 1.807) is 6.07 Å². The number of nitrogens with zero attached hydrogens (tertiary/aromatic N) is 2. The van der Waals surface area contributed by atoms with Gasteiger partial charge in [-0.25, -0.2) is 0 Å². The zero-order chi connectivity index (χ0) is 22.1. The lowest BCUT2D eigenvalue weighted by atomic mass is 9.94. The van der Waals surface area contributed by atoms with Gasteiger partial charge in [0.05, 0.1) is 10.7 Å². The first-order valence-corrected chi connectivity index (χ1v) is 12.1. The maximum Gasteiger partial charge on any atom is 0.222 e. The van der Waals surface area contributed by atoms with Crippen LogP contribution in [-0.4, -0.2) is 50.1 Å². The van der Waals surface area contributed by atoms with E-state index >= 15 is 0 Å². The van der Waals surface area contributed by atoms with Crippen LogP contribution in [0.15, 0.2) is 48.5 Å². The summed E-state index contributed by atoms with van der Waals surface area (Å²) < 4.78 is 0. The van der Waals surface area contributed by atoms with Crippen molar-refractivity contribution < 1.29 is 4.79 Å². The summed E-state index contributed by atoms with van der Waals surface area (Å²) in [7, 11) is 0. The number of anilines is 1. The smallest absolute Gasteiger partial charge is 0.222 e. The Hall–Kier alpha value is -1.46. The molecule has 0 aliphatic carbocycles. The lowest BCUT2D eigenvalue weighted by Gasteiger charge is -2.36. The van der Waals surface area contributed by atoms with Gasteiger partial charge in [0.25, 0.3) is 0 Å². The Bertz CT molecular complexity index is 820. The number of hydrogen-bond donors (Lipinski definition) is 1. The number of carbonyl (C=O) groups is 1. The minimum Gasteiger partial charge on any atom is -0.367 e. The lowest BCUT2D eigenvalue weighted by molar-refractivity contribution is -0.131. The van der Waals surface area contributed by atoms with Crippen molar-refractivity contribution in [1.82, 2.24) is 10.2 Å². The molecule has 2 aromatic rings. The fourth-order valence-electron chi connectivity index (χ4n) is 4.01. The second-order valence-electron chi connectivity index (χ2n) is 8.01. The standard InChI is InChI=1S/C18H25Cl2N3O.C6H5Cl/c19-15-4-5-17(16(20)12-15)22-8-10-23(11-9-22)18(24)6-3-14-2-1-7-21-13-14;7-6-4-2-1-3-5-6/h4-5,12,14,21H,1-3,6-11,13H2;1-5H. The van der Waals surface area contributed by atoms with Crippen molar-refractivity contribution in [3.63, 3.8) is 0 Å². The third-order valence-corrected chi connectivity index (χ3v) is 6.57. The molecule has 168 valence electrons. The molecule has 1 unspecified atom stereocenters. The van der Waals surface area contributed by atoms with E-state index in [9.17, 15) is 4.79 Å². The first kappa shape index (κ1) is 24.2. The summed E-state index contributed by atoms with van der Waals surface area (Å²) in [6.45, 7) is 5.35. The Morgan fingerprint density at radius 2 is 1.71 bits per heavy atom. The quantitative estimate of drug-likeness (QED) is 0.601. The van der Waals surface area contributed by atoms with Gasteiger partial charge in [-0.05, 0) is 68.6 Å². The summed E-state index contributed by atoms with van der Waals surface area (Å²) >= 11 is 17.8. The van der Waals surface area contributed by atoms with Crippen molar-refractivity contribution in [3.05, 3.63) is 63.6 Å². The van der Waals surface area contributed by atoms with Gasteiger partial charge in [-0.15, -0.1) is 0 Å². The molecule has 0 bridgehead atoms. The number of rotatable bonds is 4. The van der Waals surface area contributed by atoms with Gasteiger partial charge >= 0.3 is 0 Å². The van der Waals surface area contributed by atoms with Crippen LogP contribution in [0.1, 0.15) is 25.7 Å². The second-order valence-corrected chi connectivity index (χ2v) is 9.29. The normalized spacial score (nSPS) is 18.9. The third kappa shape index (κ3) is 7.87. The average molecular weight is 483 g/mol. The Morgan fingerprint density at radius 3 is 2.29 bits per heavy atom. The van der Waals surface area contributed by atoms with E-state index in [1.165, 1.54) is 12.8 Å². The fraction of sp³-hybridized carbons (Fsp3) is 0.458. The fourth-order valence-corrected chi connectivity index (χ4v) is 4.68. The summed E-state index contributed by atoms with van der Waals surface area (Å²) in [6, 6.07) is 15.0. The highest BCUT2D eigenvalue weighted by Crippen LogP contribution is 2.29. The van der Waals surface area contributed by atoms with Gasteiger partial charge in [-0.3, -0.25) is 4.79 Å². The van der Waals surface area contributed by atoms with Crippen LogP contribution in [0, 0.1) is 5.92 Å². The molecule has 2 heterocycles. The molecule has 0 radical (unpaired) electrons. The van der Waals surface area contributed by atoms with Gasteiger partial charge in [0.15, 0.2) is 0 Å². The Kier molecular flexibility index (Phi) is 9.79. The van der Waals surface area contributed by atoms with Crippen LogP contribution in [0.25, 0.3) is 0 Å². The predicted molar refractivity (Wildman–Crippen MR) is 132 cm³/mol. The van der Waals surface area contributed by atoms with Crippen LogP contribution in [0.5, 0.6) is 0 Å². The van der Waals surface area contributed by atoms with E-state index in [-0.39, 0.29) is 0 Å². The van der Waals surface area contributed by atoms with Crippen molar-refractivity contribution in [2.75, 3.05) is 44.2 Å². The molecule has 4 nitrogen and oxygen atoms in total. The number of piperazine rings is 1. The van der Waals surface area contributed by atoms with Crippen LogP contribution >= 0.6 is 34.8 Å². The molecule has 1 atom stereocenters. The monoisotopic (exact) mass is 481 g/mol. The molecule has 31 heavy (non-hydrogen) atoms. The lowest BCUT2D eigenvalue weighted by Crippen LogP contribution is -2.49. The number of hydrogen-bond acceptors (Lipinski definition) is 3. The summed E-state index contributed by atoms with van der Waals surface area (Å²) in [5.74, 6) is 0.958. The van der Waals surface area contributed by atoms with E-state index in [4.69, 9.17) is 34.8 Å². The first-order chi connectivity index (χ1) is 15.0. The van der Waals surface area contributed by atoms with Crippen LogP contribution < -0.4 is 10.2 Å². The topological polar surface area (TPSA) is 35.6 Å². The minimum atomic E-state index is 0.294. The number of benzene rings is 2. The predicted octanol–water partition coefficient (Wildman–Crippen LogP) is 5.76. The van der Waals surface area contributed by atoms with Crippen molar-refractivity contribution >= 4 is 46.4 Å². The SMILES string of the molecule is Clc1ccccc1.O=C(CCC1CCCNC1)N1CCN(c2ccc(Cl)cc2Cl)CC1. The molecule has 2 aliphatic rings. The molecular formula is C24H30Cl3N3O. The van der Waals surface area contributed by atoms with E-state index in [0.29, 0.717) is 28.3 Å². The highest BCUT2D eigenvalue weighted by Gasteiger charge is 2.23. The molecule has 2 aromatic carbocycles. The first-order valence-electron chi connectivity index (χ1n) is 10.9. The highest BCUT2D eigenvalue weighted by atomic mass is 35.5. The van der Waals surface area contributed by atoms with Crippen molar-refractivity contribution in [2.45, 2.75) is 25.7 Å². The zero-order valence-electron chi connectivity index (χ0n) is 17.7. The van der Waals surface area contributed by atoms with Crippen LogP contribution in [0.2, 0.25) is 15.1 Å². The Labute approximate surface area is 200 Å². The van der Waals surface area contributed by atoms with Gasteiger partial charge in [0.1, 0.15) is 0 Å². The molecule has 2 saturated heterocycles. The molecule has 4 rings (SSSR count). The largest absolute Gasteiger partial charge is 0.367 e. The molecule has 0 spiro atoms. The molecule has 1 amide bonds. The van der Waals surface area contributed by atoms with Gasteiger partial charge in [-0.2, -0.15) is 0 Å². The minimum absolute atomic E-state index is 0.294. The van der Waals surface area contributed by atoms with E-state index in [2.05, 4.69) is 10.2 Å². The van der Waals surface area contributed by atoms with Gasteiger partial charge in [0, 0.05) is 42.6 Å². The van der Waals surface area contributed by atoms with Gasteiger partial charge < -0.3 is 15.1 Å². The zero-order valence-corrected chi connectivity index (χ0v) is 20.0. The van der Waals surface area contributed by atoms with Crippen molar-refractivity contribution in [1.29, 1.82) is 0 Å². The number of nitrogens with one attached hydrogen (secondary N) is 1. The van der Waals surface area contributed by atoms with E-state index in [0.717, 1.165) is 56.4 Å². The maximum atomic E-state index is 12.4. The second kappa shape index (κ2) is 12.5. The number of piperidine rings is 1. The molecule has 0 saturated carbocycles. The molecule has 1 N–H and O–H groups in total. The van der Waals surface area contributed by atoms with Crippen molar-refractivity contribution in [2.24, 2.45) is 5.92 Å². The maximum absolute atomic E-state index is 12.4. The number of amides is 1. The molecule has 2 fully saturated rings. The number of halogens is 3. The van der Waals surface area contributed by atoms with E-state index in [1.807, 2.05) is 47.4 Å². The van der Waals surface area contributed by atoms with Crippen LogP contribution in [0.3, 0.4) is 0 Å². The number of carbonyl (C=O) groups excluding carboxylic acids is 1. The van der Waals surface area contributed by atoms with Gasteiger partial charge in [-0.1, -0.05) is 53.0 Å². The summed E-state index contributed by atoms with van der Waals surface area (Å²) in [5.41, 5.74) is 1.00. The van der Waals surface area contributed by atoms with Crippen LogP contribution in [-0.2, 0) is 4.79 Å². The van der Waals surface area contributed by atoms with E-state index < -0.39 is 0 Å². The Morgan fingerprint density at radius 1 is 0.968 bits per heavy atom. The van der Waals surface area contributed by atoms with Crippen LogP contribution in [0.4, 0.5) is 5.69 Å². The highest BCUT2D eigenvalue weighted by molar-refractivity contribution is 6.36. The van der Waals surface area contributed by atoms with Gasteiger partial charge in [0.2, 0.25) is 5.91 Å². The average Bonchev–Trinajstić information content (AvgIpc) is 2.79. The molecule has 7 heteroatoms. The molecular weight excluding hydrogens is 453 g/mol. The van der Waals surface area contributed by atoms with Crippen molar-refractivity contribution in [3.8, 4) is 0 Å². The molecule has 0 aromatic heterocycles. The summed E-state index contributed by atoms with van der Waals surface area (Å²) in [5, 5.41) is 5.53. The third-order valence-electron chi connectivity index (χ3n) is 5.78. The summed E-state index contributed by atoms with van der Waals surface area (Å²) in [6.07, 6.45) is 4.17. The Balaban J connectivity index is 0.000000330.